The molecule has 6 heteroatoms. The highest BCUT2D eigenvalue weighted by Gasteiger charge is 1.99. The van der Waals surface area contributed by atoms with Gasteiger partial charge in [-0.3, -0.25) is 9.48 Å². The van der Waals surface area contributed by atoms with E-state index < -0.39 is 0 Å². The van der Waals surface area contributed by atoms with Crippen molar-refractivity contribution in [1.82, 2.24) is 20.3 Å². The average molecular weight is 183 g/mol. The maximum atomic E-state index is 10.8. The molecule has 1 amide bonds. The van der Waals surface area contributed by atoms with E-state index in [1.165, 1.54) is 0 Å². The predicted octanol–water partition coefficient (Wildman–Crippen LogP) is -0.613. The summed E-state index contributed by atoms with van der Waals surface area (Å²) in [4.78, 5) is 10.8. The lowest BCUT2D eigenvalue weighted by Gasteiger charge is -1.99. The minimum absolute atomic E-state index is 0.0353. The summed E-state index contributed by atoms with van der Waals surface area (Å²) in [5.74, 6) is 0.438. The minimum Gasteiger partial charge on any atom is -0.381 e. The summed E-state index contributed by atoms with van der Waals surface area (Å²) in [5.41, 5.74) is 5.36. The molecule has 0 saturated carbocycles. The molecular formula is C7H13N5O. The minimum atomic E-state index is 0.0353. The second-order valence-corrected chi connectivity index (χ2v) is 2.68. The van der Waals surface area contributed by atoms with Crippen LogP contribution in [0.4, 0.5) is 5.82 Å². The number of anilines is 1. The van der Waals surface area contributed by atoms with E-state index in [0.717, 1.165) is 6.42 Å². The Morgan fingerprint density at radius 1 is 1.77 bits per heavy atom. The van der Waals surface area contributed by atoms with Crippen LogP contribution in [0.2, 0.25) is 0 Å². The topological polar surface area (TPSA) is 85.8 Å². The van der Waals surface area contributed by atoms with Crippen LogP contribution >= 0.6 is 0 Å². The van der Waals surface area contributed by atoms with Crippen molar-refractivity contribution in [2.75, 3.05) is 12.8 Å². The Morgan fingerprint density at radius 2 is 2.54 bits per heavy atom. The highest BCUT2D eigenvalue weighted by atomic mass is 16.1. The number of nitrogens with zero attached hydrogens (tertiary/aromatic N) is 3. The Labute approximate surface area is 76.1 Å². The van der Waals surface area contributed by atoms with Crippen molar-refractivity contribution < 1.29 is 4.79 Å². The Hall–Kier alpha value is -1.59. The molecule has 0 saturated heterocycles. The van der Waals surface area contributed by atoms with Crippen LogP contribution in [0, 0.1) is 0 Å². The van der Waals surface area contributed by atoms with Gasteiger partial charge in [-0.2, -0.15) is 0 Å². The lowest BCUT2D eigenvalue weighted by Crippen LogP contribution is -2.17. The molecule has 13 heavy (non-hydrogen) atoms. The van der Waals surface area contributed by atoms with Crippen LogP contribution < -0.4 is 11.1 Å². The van der Waals surface area contributed by atoms with E-state index in [4.69, 9.17) is 5.73 Å². The first-order chi connectivity index (χ1) is 6.22. The summed E-state index contributed by atoms with van der Waals surface area (Å²) in [6.07, 6.45) is 2.88. The Balaban J connectivity index is 2.24. The van der Waals surface area contributed by atoms with E-state index in [2.05, 4.69) is 15.6 Å². The van der Waals surface area contributed by atoms with Crippen LogP contribution in [-0.4, -0.2) is 27.9 Å². The molecule has 6 nitrogen and oxygen atoms in total. The van der Waals surface area contributed by atoms with E-state index in [1.807, 2.05) is 0 Å². The number of hydrogen-bond acceptors (Lipinski definition) is 4. The number of nitrogen functional groups attached to an aromatic ring is 1. The largest absolute Gasteiger partial charge is 0.381 e. The fourth-order valence-corrected chi connectivity index (χ4v) is 0.949. The first-order valence-electron chi connectivity index (χ1n) is 4.08. The number of nitrogens with one attached hydrogen (secondary N) is 1. The zero-order chi connectivity index (χ0) is 9.68. The highest BCUT2D eigenvalue weighted by Crippen LogP contribution is 1.96. The maximum absolute atomic E-state index is 10.8. The van der Waals surface area contributed by atoms with Gasteiger partial charge in [-0.15, -0.1) is 5.10 Å². The zero-order valence-electron chi connectivity index (χ0n) is 7.53. The molecule has 0 bridgehead atoms. The van der Waals surface area contributed by atoms with Crippen LogP contribution in [0.1, 0.15) is 12.8 Å². The number of aromatic nitrogens is 3. The molecule has 0 radical (unpaired) electrons. The second-order valence-electron chi connectivity index (χ2n) is 2.68. The van der Waals surface area contributed by atoms with Crippen molar-refractivity contribution in [2.24, 2.45) is 0 Å². The van der Waals surface area contributed by atoms with Gasteiger partial charge in [0.1, 0.15) is 0 Å². The molecule has 72 valence electrons. The summed E-state index contributed by atoms with van der Waals surface area (Å²) in [6, 6.07) is 0. The summed E-state index contributed by atoms with van der Waals surface area (Å²) in [7, 11) is 1.62. The maximum Gasteiger partial charge on any atom is 0.219 e. The average Bonchev–Trinajstić information content (AvgIpc) is 2.51. The van der Waals surface area contributed by atoms with Gasteiger partial charge in [-0.1, -0.05) is 5.21 Å². The van der Waals surface area contributed by atoms with Gasteiger partial charge in [-0.25, -0.2) is 0 Å². The van der Waals surface area contributed by atoms with Crippen molar-refractivity contribution >= 4 is 11.7 Å². The van der Waals surface area contributed by atoms with E-state index >= 15 is 0 Å². The number of aryl methyl sites for hydroxylation is 1. The molecular weight excluding hydrogens is 170 g/mol. The van der Waals surface area contributed by atoms with Crippen LogP contribution in [-0.2, 0) is 11.3 Å². The predicted molar refractivity (Wildman–Crippen MR) is 47.7 cm³/mol. The normalized spacial score (nSPS) is 9.92. The summed E-state index contributed by atoms with van der Waals surface area (Å²) in [5, 5.41) is 9.92. The van der Waals surface area contributed by atoms with Crippen LogP contribution in [0.3, 0.4) is 0 Å². The SMILES string of the molecule is CNC(=O)CCCn1cc(N)nn1. The Kier molecular flexibility index (Phi) is 3.24. The molecule has 0 fully saturated rings. The van der Waals surface area contributed by atoms with Crippen molar-refractivity contribution in [3.8, 4) is 0 Å². The third-order valence-corrected chi connectivity index (χ3v) is 1.63. The van der Waals surface area contributed by atoms with Crippen molar-refractivity contribution in [2.45, 2.75) is 19.4 Å². The lowest BCUT2D eigenvalue weighted by atomic mass is 10.3. The fourth-order valence-electron chi connectivity index (χ4n) is 0.949. The third-order valence-electron chi connectivity index (χ3n) is 1.63. The Morgan fingerprint density at radius 3 is 3.08 bits per heavy atom. The van der Waals surface area contributed by atoms with Gasteiger partial charge in [0, 0.05) is 20.0 Å². The third kappa shape index (κ3) is 3.10. The van der Waals surface area contributed by atoms with Gasteiger partial charge in [0.2, 0.25) is 5.91 Å². The van der Waals surface area contributed by atoms with E-state index in [-0.39, 0.29) is 5.91 Å². The summed E-state index contributed by atoms with van der Waals surface area (Å²) < 4.78 is 1.62. The fraction of sp³-hybridized carbons (Fsp3) is 0.571. The molecule has 0 unspecified atom stereocenters. The first-order valence-corrected chi connectivity index (χ1v) is 4.08. The van der Waals surface area contributed by atoms with Gasteiger partial charge in [0.05, 0.1) is 6.20 Å². The molecule has 1 aromatic rings. The quantitative estimate of drug-likeness (QED) is 0.651. The van der Waals surface area contributed by atoms with Crippen LogP contribution in [0.25, 0.3) is 0 Å². The number of nitrogens with two attached hydrogens (primary N) is 1. The molecule has 1 aromatic heterocycles. The van der Waals surface area contributed by atoms with E-state index in [0.29, 0.717) is 18.8 Å². The lowest BCUT2D eigenvalue weighted by molar-refractivity contribution is -0.120. The van der Waals surface area contributed by atoms with Crippen molar-refractivity contribution in [3.05, 3.63) is 6.20 Å². The van der Waals surface area contributed by atoms with Crippen molar-refractivity contribution in [1.29, 1.82) is 0 Å². The molecule has 0 atom stereocenters. The monoisotopic (exact) mass is 183 g/mol. The molecule has 3 N–H and O–H groups in total. The molecule has 0 spiro atoms. The number of carbonyl (C=O) groups excluding carboxylic acids is 1. The second kappa shape index (κ2) is 4.44. The number of carbonyl (C=O) groups is 1. The number of hydrogen-bond donors (Lipinski definition) is 2. The van der Waals surface area contributed by atoms with Crippen molar-refractivity contribution in [3.63, 3.8) is 0 Å². The Bertz CT molecular complexity index is 282. The smallest absolute Gasteiger partial charge is 0.219 e. The standard InChI is InChI=1S/C7H13N5O/c1-9-7(13)3-2-4-12-5-6(8)10-11-12/h5H,2-4,8H2,1H3,(H,9,13). The number of rotatable bonds is 4. The van der Waals surface area contributed by atoms with Gasteiger partial charge in [0.25, 0.3) is 0 Å². The molecule has 1 heterocycles. The van der Waals surface area contributed by atoms with Gasteiger partial charge >= 0.3 is 0 Å². The highest BCUT2D eigenvalue weighted by molar-refractivity contribution is 5.75. The van der Waals surface area contributed by atoms with E-state index in [1.54, 1.807) is 17.9 Å². The molecule has 1 rings (SSSR count). The molecule has 0 aliphatic carbocycles. The van der Waals surface area contributed by atoms with Gasteiger partial charge in [-0.05, 0) is 6.42 Å². The molecule has 0 aliphatic rings. The van der Waals surface area contributed by atoms with Gasteiger partial charge < -0.3 is 11.1 Å². The van der Waals surface area contributed by atoms with Crippen LogP contribution in [0.5, 0.6) is 0 Å². The van der Waals surface area contributed by atoms with Gasteiger partial charge in [0.15, 0.2) is 5.82 Å². The van der Waals surface area contributed by atoms with E-state index in [9.17, 15) is 4.79 Å². The molecule has 0 aliphatic heterocycles. The zero-order valence-corrected chi connectivity index (χ0v) is 7.53. The summed E-state index contributed by atoms with van der Waals surface area (Å²) >= 11 is 0. The summed E-state index contributed by atoms with van der Waals surface area (Å²) in [6.45, 7) is 0.664. The number of amides is 1. The van der Waals surface area contributed by atoms with Crippen LogP contribution in [0.15, 0.2) is 6.20 Å². The molecule has 0 aromatic carbocycles. The first kappa shape index (κ1) is 9.50.